The lowest BCUT2D eigenvalue weighted by Gasteiger charge is -2.28. The van der Waals surface area contributed by atoms with Crippen molar-refractivity contribution in [1.82, 2.24) is 4.98 Å². The molecule has 0 saturated heterocycles. The fourth-order valence-corrected chi connectivity index (χ4v) is 4.90. The third-order valence-corrected chi connectivity index (χ3v) is 6.71. The van der Waals surface area contributed by atoms with E-state index in [0.717, 1.165) is 12.0 Å². The maximum absolute atomic E-state index is 13.3. The maximum Gasteiger partial charge on any atom is 0.266 e. The zero-order valence-corrected chi connectivity index (χ0v) is 16.3. The Morgan fingerprint density at radius 1 is 0.897 bits per heavy atom. The van der Waals surface area contributed by atoms with E-state index in [1.165, 1.54) is 11.8 Å². The van der Waals surface area contributed by atoms with Gasteiger partial charge in [-0.25, -0.2) is 8.42 Å². The standard InChI is InChI=1S/C22H18N2O4S/c25-29(26,18-9-2-1-3-10-18)21-22(28-20(23-21)19-11-6-14-27-19)24-13-12-16-7-4-5-8-17(16)15-24/h1-11,14H,12-13,15H2. The molecule has 0 fully saturated rings. The molecule has 0 unspecified atom stereocenters. The summed E-state index contributed by atoms with van der Waals surface area (Å²) in [4.78, 5) is 6.45. The van der Waals surface area contributed by atoms with E-state index < -0.39 is 9.84 Å². The molecule has 0 spiro atoms. The Hall–Kier alpha value is -3.32. The fraction of sp³-hybridized carbons (Fsp3) is 0.136. The molecule has 0 saturated carbocycles. The summed E-state index contributed by atoms with van der Waals surface area (Å²) in [5.74, 6) is 0.784. The van der Waals surface area contributed by atoms with Gasteiger partial charge in [0, 0.05) is 13.1 Å². The van der Waals surface area contributed by atoms with E-state index in [2.05, 4.69) is 17.1 Å². The summed E-state index contributed by atoms with van der Waals surface area (Å²) in [6, 6.07) is 19.8. The molecule has 1 aliphatic rings. The Morgan fingerprint density at radius 2 is 1.66 bits per heavy atom. The molecule has 29 heavy (non-hydrogen) atoms. The zero-order valence-electron chi connectivity index (χ0n) is 15.5. The molecule has 0 bridgehead atoms. The highest BCUT2D eigenvalue weighted by molar-refractivity contribution is 7.91. The van der Waals surface area contributed by atoms with Crippen molar-refractivity contribution in [2.75, 3.05) is 11.4 Å². The smallest absolute Gasteiger partial charge is 0.266 e. The van der Waals surface area contributed by atoms with E-state index in [4.69, 9.17) is 8.83 Å². The van der Waals surface area contributed by atoms with Gasteiger partial charge in [0.15, 0.2) is 5.76 Å². The minimum Gasteiger partial charge on any atom is -0.459 e. The lowest BCUT2D eigenvalue weighted by Crippen LogP contribution is -2.31. The first-order valence-corrected chi connectivity index (χ1v) is 10.8. The van der Waals surface area contributed by atoms with Crippen LogP contribution in [0.15, 0.2) is 91.7 Å². The number of furan rings is 1. The third kappa shape index (κ3) is 3.13. The molecule has 7 heteroatoms. The molecule has 4 aromatic rings. The SMILES string of the molecule is O=S(=O)(c1ccccc1)c1nc(-c2ccco2)oc1N1CCc2ccccc2C1. The second kappa shape index (κ2) is 6.93. The van der Waals surface area contributed by atoms with E-state index in [9.17, 15) is 8.42 Å². The molecule has 0 radical (unpaired) electrons. The number of hydrogen-bond donors (Lipinski definition) is 0. The van der Waals surface area contributed by atoms with Crippen molar-refractivity contribution >= 4 is 15.7 Å². The van der Waals surface area contributed by atoms with Gasteiger partial charge in [0.25, 0.3) is 5.89 Å². The molecule has 146 valence electrons. The normalized spacial score (nSPS) is 14.0. The minimum absolute atomic E-state index is 0.0884. The molecule has 0 aliphatic carbocycles. The third-order valence-electron chi connectivity index (χ3n) is 5.04. The van der Waals surface area contributed by atoms with Crippen LogP contribution in [0, 0.1) is 0 Å². The van der Waals surface area contributed by atoms with E-state index in [-0.39, 0.29) is 21.7 Å². The minimum atomic E-state index is -3.85. The number of nitrogens with zero attached hydrogens (tertiary/aromatic N) is 2. The number of anilines is 1. The Morgan fingerprint density at radius 3 is 2.41 bits per heavy atom. The van der Waals surface area contributed by atoms with Gasteiger partial charge in [-0.05, 0) is 41.8 Å². The molecule has 2 aromatic carbocycles. The van der Waals surface area contributed by atoms with Gasteiger partial charge in [-0.2, -0.15) is 4.98 Å². The highest BCUT2D eigenvalue weighted by Gasteiger charge is 2.33. The van der Waals surface area contributed by atoms with Crippen LogP contribution in [0.2, 0.25) is 0 Å². The molecule has 5 rings (SSSR count). The number of rotatable bonds is 4. The summed E-state index contributed by atoms with van der Waals surface area (Å²) in [6.45, 7) is 1.20. The van der Waals surface area contributed by atoms with E-state index in [1.54, 1.807) is 42.5 Å². The summed E-state index contributed by atoms with van der Waals surface area (Å²) in [5.41, 5.74) is 2.42. The predicted octanol–water partition coefficient (Wildman–Crippen LogP) is 4.33. The van der Waals surface area contributed by atoms with Crippen molar-refractivity contribution in [3.63, 3.8) is 0 Å². The topological polar surface area (TPSA) is 76.5 Å². The average molecular weight is 406 g/mol. The van der Waals surface area contributed by atoms with Crippen molar-refractivity contribution < 1.29 is 17.3 Å². The number of hydrogen-bond acceptors (Lipinski definition) is 6. The second-order valence-corrected chi connectivity index (χ2v) is 8.73. The van der Waals surface area contributed by atoms with Gasteiger partial charge in [0.2, 0.25) is 20.7 Å². The van der Waals surface area contributed by atoms with Gasteiger partial charge in [0.05, 0.1) is 11.2 Å². The fourth-order valence-electron chi connectivity index (χ4n) is 3.56. The summed E-state index contributed by atoms with van der Waals surface area (Å²) in [5, 5.41) is -0.0884. The molecule has 3 heterocycles. The molecular weight excluding hydrogens is 388 g/mol. The van der Waals surface area contributed by atoms with Crippen LogP contribution in [0.1, 0.15) is 11.1 Å². The number of sulfone groups is 1. The van der Waals surface area contributed by atoms with Crippen LogP contribution < -0.4 is 4.90 Å². The average Bonchev–Trinajstić information content (AvgIpc) is 3.44. The molecule has 0 amide bonds. The van der Waals surface area contributed by atoms with Gasteiger partial charge >= 0.3 is 0 Å². The van der Waals surface area contributed by atoms with Gasteiger partial charge < -0.3 is 13.7 Å². The van der Waals surface area contributed by atoms with Gasteiger partial charge in [-0.1, -0.05) is 42.5 Å². The Balaban J connectivity index is 1.63. The monoisotopic (exact) mass is 406 g/mol. The molecule has 0 N–H and O–H groups in total. The highest BCUT2D eigenvalue weighted by Crippen LogP contribution is 2.36. The first-order valence-electron chi connectivity index (χ1n) is 9.29. The largest absolute Gasteiger partial charge is 0.459 e. The first-order chi connectivity index (χ1) is 14.1. The second-order valence-electron chi connectivity index (χ2n) is 6.86. The summed E-state index contributed by atoms with van der Waals surface area (Å²) in [7, 11) is -3.85. The van der Waals surface area contributed by atoms with Crippen LogP contribution in [0.25, 0.3) is 11.7 Å². The maximum atomic E-state index is 13.3. The highest BCUT2D eigenvalue weighted by atomic mass is 32.2. The molecule has 0 atom stereocenters. The number of benzene rings is 2. The van der Waals surface area contributed by atoms with Crippen molar-refractivity contribution in [3.8, 4) is 11.7 Å². The Labute approximate surface area is 168 Å². The van der Waals surface area contributed by atoms with Gasteiger partial charge in [-0.3, -0.25) is 0 Å². The summed E-state index contributed by atoms with van der Waals surface area (Å²) >= 11 is 0. The Bertz CT molecular complexity index is 1250. The lowest BCUT2D eigenvalue weighted by molar-refractivity contribution is 0.502. The zero-order chi connectivity index (χ0) is 19.8. The quantitative estimate of drug-likeness (QED) is 0.502. The molecule has 6 nitrogen and oxygen atoms in total. The number of oxazole rings is 1. The van der Waals surface area contributed by atoms with Crippen LogP contribution in [0.3, 0.4) is 0 Å². The van der Waals surface area contributed by atoms with Crippen molar-refractivity contribution in [2.45, 2.75) is 22.9 Å². The first kappa shape index (κ1) is 17.8. The number of aromatic nitrogens is 1. The van der Waals surface area contributed by atoms with Crippen molar-refractivity contribution in [3.05, 3.63) is 84.1 Å². The van der Waals surface area contributed by atoms with Crippen LogP contribution in [-0.2, 0) is 22.8 Å². The Kier molecular flexibility index (Phi) is 4.24. The van der Waals surface area contributed by atoms with E-state index >= 15 is 0 Å². The number of fused-ring (bicyclic) bond motifs is 1. The summed E-state index contributed by atoms with van der Waals surface area (Å²) < 4.78 is 38.0. The van der Waals surface area contributed by atoms with Crippen LogP contribution in [0.4, 0.5) is 5.88 Å². The molecule has 2 aromatic heterocycles. The summed E-state index contributed by atoms with van der Waals surface area (Å²) in [6.07, 6.45) is 2.31. The van der Waals surface area contributed by atoms with Gasteiger partial charge in [-0.15, -0.1) is 0 Å². The van der Waals surface area contributed by atoms with Crippen molar-refractivity contribution in [2.24, 2.45) is 0 Å². The van der Waals surface area contributed by atoms with Gasteiger partial charge in [0.1, 0.15) is 0 Å². The van der Waals surface area contributed by atoms with Crippen molar-refractivity contribution in [1.29, 1.82) is 0 Å². The van der Waals surface area contributed by atoms with Crippen LogP contribution in [0.5, 0.6) is 0 Å². The van der Waals surface area contributed by atoms with E-state index in [0.29, 0.717) is 18.8 Å². The van der Waals surface area contributed by atoms with E-state index in [1.807, 2.05) is 17.0 Å². The molecule has 1 aliphatic heterocycles. The lowest BCUT2D eigenvalue weighted by atomic mass is 10.0. The molecular formula is C22H18N2O4S. The van der Waals surface area contributed by atoms with Crippen LogP contribution >= 0.6 is 0 Å². The predicted molar refractivity (Wildman–Crippen MR) is 107 cm³/mol. The van der Waals surface area contributed by atoms with Crippen LogP contribution in [-0.4, -0.2) is 19.9 Å².